The molecular formula is C18H29N5O2. The molecule has 3 aliphatic rings. The summed E-state index contributed by atoms with van der Waals surface area (Å²) in [6.07, 6.45) is 2.98. The molecule has 0 aromatic carbocycles. The largest absolute Gasteiger partial charge is 0.348 e. The second-order valence-corrected chi connectivity index (χ2v) is 7.57. The zero-order valence-electron chi connectivity index (χ0n) is 15.7. The number of carbonyl (C=O) groups excluding carboxylic acids is 2. The van der Waals surface area contributed by atoms with Crippen molar-refractivity contribution in [2.75, 3.05) is 40.3 Å². The predicted octanol–water partition coefficient (Wildman–Crippen LogP) is 0.905. The van der Waals surface area contributed by atoms with Crippen molar-refractivity contribution >= 4 is 11.8 Å². The summed E-state index contributed by atoms with van der Waals surface area (Å²) in [5.74, 6) is 0.585. The van der Waals surface area contributed by atoms with Crippen molar-refractivity contribution in [3.8, 4) is 0 Å². The Balaban J connectivity index is 1.75. The van der Waals surface area contributed by atoms with Gasteiger partial charge in [-0.15, -0.1) is 0 Å². The Bertz CT molecular complexity index is 654. The Hall–Kier alpha value is -1.89. The van der Waals surface area contributed by atoms with Gasteiger partial charge in [0.25, 0.3) is 5.91 Å². The van der Waals surface area contributed by atoms with Crippen LogP contribution in [0.4, 0.5) is 0 Å². The van der Waals surface area contributed by atoms with Gasteiger partial charge in [-0.25, -0.2) is 0 Å². The van der Waals surface area contributed by atoms with E-state index in [1.165, 1.54) is 0 Å². The molecule has 1 N–H and O–H groups in total. The Labute approximate surface area is 149 Å². The Morgan fingerprint density at radius 2 is 2.00 bits per heavy atom. The topological polar surface area (TPSA) is 72.5 Å². The van der Waals surface area contributed by atoms with E-state index in [0.717, 1.165) is 50.2 Å². The normalized spacial score (nSPS) is 23.6. The van der Waals surface area contributed by atoms with Gasteiger partial charge in [0, 0.05) is 51.0 Å². The number of hydrogen-bond acceptors (Lipinski definition) is 4. The molecule has 138 valence electrons. The van der Waals surface area contributed by atoms with Crippen molar-refractivity contribution in [1.82, 2.24) is 24.9 Å². The third kappa shape index (κ3) is 3.56. The van der Waals surface area contributed by atoms with E-state index in [1.807, 2.05) is 11.8 Å². The van der Waals surface area contributed by atoms with Crippen molar-refractivity contribution in [2.45, 2.75) is 39.2 Å². The van der Waals surface area contributed by atoms with Crippen molar-refractivity contribution in [1.29, 1.82) is 0 Å². The van der Waals surface area contributed by atoms with Crippen LogP contribution in [0.2, 0.25) is 0 Å². The molecule has 0 aliphatic carbocycles. The number of nitrogens with zero attached hydrogens (tertiary/aromatic N) is 4. The molecule has 2 amide bonds. The summed E-state index contributed by atoms with van der Waals surface area (Å²) >= 11 is 0. The van der Waals surface area contributed by atoms with Crippen LogP contribution in [0.3, 0.4) is 0 Å². The average molecular weight is 347 g/mol. The minimum absolute atomic E-state index is 0.0314. The van der Waals surface area contributed by atoms with Gasteiger partial charge in [0.05, 0.1) is 6.54 Å². The maximum Gasteiger partial charge on any atom is 0.274 e. The number of fused-ring (bicyclic) bond motifs is 4. The number of H-pyrrole nitrogens is 1. The molecule has 0 saturated carbocycles. The van der Waals surface area contributed by atoms with Gasteiger partial charge in [0.15, 0.2) is 5.69 Å². The molecule has 1 aromatic rings. The summed E-state index contributed by atoms with van der Waals surface area (Å²) in [6.45, 7) is 6.88. The number of piperidine rings is 1. The summed E-state index contributed by atoms with van der Waals surface area (Å²) in [4.78, 5) is 31.0. The number of likely N-dealkylation sites (N-methyl/N-ethyl adjacent to an activating group) is 1. The first kappa shape index (κ1) is 17.9. The molecule has 1 aromatic heterocycles. The maximum atomic E-state index is 13.1. The number of aryl methyl sites for hydroxylation is 1. The number of carbonyl (C=O) groups is 2. The second-order valence-electron chi connectivity index (χ2n) is 7.57. The molecular weight excluding hydrogens is 318 g/mol. The highest BCUT2D eigenvalue weighted by molar-refractivity contribution is 5.94. The van der Waals surface area contributed by atoms with Crippen molar-refractivity contribution < 1.29 is 9.59 Å². The molecule has 0 unspecified atom stereocenters. The summed E-state index contributed by atoms with van der Waals surface area (Å²) in [5.41, 5.74) is 2.55. The minimum atomic E-state index is 0.0314. The van der Waals surface area contributed by atoms with Gasteiger partial charge in [-0.1, -0.05) is 6.92 Å². The van der Waals surface area contributed by atoms with Crippen LogP contribution in [0.15, 0.2) is 0 Å². The predicted molar refractivity (Wildman–Crippen MR) is 95.4 cm³/mol. The summed E-state index contributed by atoms with van der Waals surface area (Å²) in [7, 11) is 3.58. The van der Waals surface area contributed by atoms with Crippen LogP contribution in [0.1, 0.15) is 41.5 Å². The summed E-state index contributed by atoms with van der Waals surface area (Å²) in [5, 5.41) is 7.27. The number of amides is 2. The fraction of sp³-hybridized carbons (Fsp3) is 0.722. The molecule has 3 aliphatic heterocycles. The van der Waals surface area contributed by atoms with E-state index in [2.05, 4.69) is 22.0 Å². The summed E-state index contributed by atoms with van der Waals surface area (Å²) < 4.78 is 0. The fourth-order valence-electron chi connectivity index (χ4n) is 4.01. The first-order valence-corrected chi connectivity index (χ1v) is 9.18. The van der Waals surface area contributed by atoms with Crippen LogP contribution in [0, 0.1) is 12.8 Å². The van der Waals surface area contributed by atoms with Gasteiger partial charge in [-0.05, 0) is 32.1 Å². The molecule has 7 nitrogen and oxygen atoms in total. The third-order valence-electron chi connectivity index (χ3n) is 5.57. The number of nitrogens with one attached hydrogen (secondary N) is 1. The van der Waals surface area contributed by atoms with E-state index in [4.69, 9.17) is 0 Å². The molecule has 3 saturated heterocycles. The van der Waals surface area contributed by atoms with Crippen molar-refractivity contribution in [2.24, 2.45) is 5.92 Å². The molecule has 7 heteroatoms. The monoisotopic (exact) mass is 347 g/mol. The average Bonchev–Trinajstić information content (AvgIpc) is 2.75. The molecule has 4 heterocycles. The standard InChI is InChI=1S/C18H29N5O2/c1-5-15-12(2)17(20-19-15)18(25)23-9-13-6-7-14(23)10-22(8-13)11-16(24)21(3)4/h13-14H,5-11H2,1-4H3,(H,19,20)/t13-,14+/m1/s1. The number of aromatic nitrogens is 2. The lowest BCUT2D eigenvalue weighted by molar-refractivity contribution is -0.129. The molecule has 3 fully saturated rings. The highest BCUT2D eigenvalue weighted by atomic mass is 16.2. The molecule has 2 atom stereocenters. The molecule has 25 heavy (non-hydrogen) atoms. The van der Waals surface area contributed by atoms with Crippen LogP contribution in [-0.4, -0.2) is 83.0 Å². The van der Waals surface area contributed by atoms with Crippen molar-refractivity contribution in [3.05, 3.63) is 17.0 Å². The smallest absolute Gasteiger partial charge is 0.274 e. The Morgan fingerprint density at radius 1 is 1.24 bits per heavy atom. The number of aromatic amines is 1. The van der Waals surface area contributed by atoms with Gasteiger partial charge in [0.1, 0.15) is 0 Å². The molecule has 0 spiro atoms. The van der Waals surface area contributed by atoms with Gasteiger partial charge >= 0.3 is 0 Å². The van der Waals surface area contributed by atoms with E-state index >= 15 is 0 Å². The molecule has 0 radical (unpaired) electrons. The van der Waals surface area contributed by atoms with Crippen LogP contribution in [0.5, 0.6) is 0 Å². The van der Waals surface area contributed by atoms with Gasteiger partial charge in [-0.2, -0.15) is 5.10 Å². The Morgan fingerprint density at radius 3 is 2.64 bits per heavy atom. The first-order chi connectivity index (χ1) is 11.9. The highest BCUT2D eigenvalue weighted by Crippen LogP contribution is 2.29. The second kappa shape index (κ2) is 7.15. The van der Waals surface area contributed by atoms with Crippen LogP contribution in [0.25, 0.3) is 0 Å². The lowest BCUT2D eigenvalue weighted by atomic mass is 9.94. The van der Waals surface area contributed by atoms with E-state index in [0.29, 0.717) is 18.2 Å². The van der Waals surface area contributed by atoms with Crippen LogP contribution >= 0.6 is 0 Å². The van der Waals surface area contributed by atoms with E-state index < -0.39 is 0 Å². The van der Waals surface area contributed by atoms with Gasteiger partial charge < -0.3 is 9.80 Å². The van der Waals surface area contributed by atoms with E-state index in [9.17, 15) is 9.59 Å². The lowest BCUT2D eigenvalue weighted by Gasteiger charge is -2.36. The SMILES string of the molecule is CCc1[nH]nc(C(=O)N2C[C@@H]3CC[C@H]2CN(CC(=O)N(C)C)C3)c1C. The van der Waals surface area contributed by atoms with Gasteiger partial charge in [0.2, 0.25) is 5.91 Å². The third-order valence-corrected chi connectivity index (χ3v) is 5.57. The Kier molecular flexibility index (Phi) is 5.13. The first-order valence-electron chi connectivity index (χ1n) is 9.18. The lowest BCUT2D eigenvalue weighted by Crippen LogP contribution is -2.48. The van der Waals surface area contributed by atoms with Crippen LogP contribution in [-0.2, 0) is 11.2 Å². The van der Waals surface area contributed by atoms with E-state index in [1.54, 1.807) is 19.0 Å². The molecule has 2 bridgehead atoms. The summed E-state index contributed by atoms with van der Waals surface area (Å²) in [6, 6.07) is 0.169. The van der Waals surface area contributed by atoms with Crippen molar-refractivity contribution in [3.63, 3.8) is 0 Å². The quantitative estimate of drug-likeness (QED) is 0.879. The zero-order valence-corrected chi connectivity index (χ0v) is 15.7. The number of hydrogen-bond donors (Lipinski definition) is 1. The van der Waals surface area contributed by atoms with Gasteiger partial charge in [-0.3, -0.25) is 19.6 Å². The van der Waals surface area contributed by atoms with Crippen LogP contribution < -0.4 is 0 Å². The zero-order chi connectivity index (χ0) is 18.1. The highest BCUT2D eigenvalue weighted by Gasteiger charge is 2.39. The minimum Gasteiger partial charge on any atom is -0.348 e. The maximum absolute atomic E-state index is 13.1. The number of rotatable bonds is 4. The molecule has 4 rings (SSSR count). The fourth-order valence-corrected chi connectivity index (χ4v) is 4.01. The van der Waals surface area contributed by atoms with E-state index in [-0.39, 0.29) is 17.9 Å².